The molecular formula is C18H19ClN4O4. The molecule has 0 radical (unpaired) electrons. The molecule has 1 N–H and O–H groups in total. The number of halogens is 1. The number of rotatable bonds is 4. The second kappa shape index (κ2) is 7.99. The third kappa shape index (κ3) is 3.92. The molecule has 8 nitrogen and oxygen atoms in total. The summed E-state index contributed by atoms with van der Waals surface area (Å²) in [6, 6.07) is 8.19. The third-order valence-corrected chi connectivity index (χ3v) is 4.73. The molecule has 1 aromatic heterocycles. The van der Waals surface area contributed by atoms with Crippen molar-refractivity contribution in [3.8, 4) is 0 Å². The Balaban J connectivity index is 0.00000210. The Morgan fingerprint density at radius 1 is 1.26 bits per heavy atom. The van der Waals surface area contributed by atoms with E-state index in [9.17, 15) is 14.9 Å². The topological polar surface area (TPSA) is 97.6 Å². The molecule has 27 heavy (non-hydrogen) atoms. The van der Waals surface area contributed by atoms with Gasteiger partial charge in [-0.2, -0.15) is 0 Å². The van der Waals surface area contributed by atoms with E-state index in [1.165, 1.54) is 12.1 Å². The van der Waals surface area contributed by atoms with Crippen LogP contribution in [-0.4, -0.2) is 47.0 Å². The van der Waals surface area contributed by atoms with Crippen molar-refractivity contribution in [2.24, 2.45) is 0 Å². The summed E-state index contributed by atoms with van der Waals surface area (Å²) in [4.78, 5) is 29.7. The SMILES string of the molecule is Cl.O=C1Nc2ccc([N+](=O)[O-])cc2C1c1ccc(CN2CCOCC2)cn1. The van der Waals surface area contributed by atoms with Gasteiger partial charge >= 0.3 is 0 Å². The van der Waals surface area contributed by atoms with Crippen molar-refractivity contribution < 1.29 is 14.5 Å². The highest BCUT2D eigenvalue weighted by Crippen LogP contribution is 2.38. The van der Waals surface area contributed by atoms with Crippen LogP contribution in [0.4, 0.5) is 11.4 Å². The van der Waals surface area contributed by atoms with Gasteiger partial charge in [-0.1, -0.05) is 6.07 Å². The molecular weight excluding hydrogens is 372 g/mol. The number of non-ortho nitro benzene ring substituents is 1. The lowest BCUT2D eigenvalue weighted by molar-refractivity contribution is -0.384. The zero-order valence-electron chi connectivity index (χ0n) is 14.5. The maximum atomic E-state index is 12.4. The number of carbonyl (C=O) groups excluding carboxylic acids is 1. The van der Waals surface area contributed by atoms with E-state index in [4.69, 9.17) is 4.74 Å². The zero-order chi connectivity index (χ0) is 18.1. The van der Waals surface area contributed by atoms with Crippen LogP contribution in [0.15, 0.2) is 36.5 Å². The zero-order valence-corrected chi connectivity index (χ0v) is 15.3. The molecule has 1 atom stereocenters. The molecule has 2 aliphatic heterocycles. The van der Waals surface area contributed by atoms with E-state index < -0.39 is 10.8 Å². The number of ether oxygens (including phenoxy) is 1. The first-order valence-electron chi connectivity index (χ1n) is 8.46. The summed E-state index contributed by atoms with van der Waals surface area (Å²) in [5, 5.41) is 13.8. The maximum Gasteiger partial charge on any atom is 0.269 e. The summed E-state index contributed by atoms with van der Waals surface area (Å²) in [5.41, 5.74) is 2.82. The Kier molecular flexibility index (Phi) is 5.69. The van der Waals surface area contributed by atoms with Crippen LogP contribution >= 0.6 is 12.4 Å². The van der Waals surface area contributed by atoms with Gasteiger partial charge in [-0.25, -0.2) is 0 Å². The van der Waals surface area contributed by atoms with Gasteiger partial charge < -0.3 is 10.1 Å². The summed E-state index contributed by atoms with van der Waals surface area (Å²) in [7, 11) is 0. The summed E-state index contributed by atoms with van der Waals surface area (Å²) >= 11 is 0. The molecule has 4 rings (SSSR count). The number of pyridine rings is 1. The highest BCUT2D eigenvalue weighted by molar-refractivity contribution is 6.05. The van der Waals surface area contributed by atoms with E-state index in [1.54, 1.807) is 12.3 Å². The number of nitrogens with one attached hydrogen (secondary N) is 1. The van der Waals surface area contributed by atoms with Crippen LogP contribution in [0, 0.1) is 10.1 Å². The van der Waals surface area contributed by atoms with E-state index in [0.29, 0.717) is 16.9 Å². The molecule has 142 valence electrons. The summed E-state index contributed by atoms with van der Waals surface area (Å²) in [6.07, 6.45) is 1.77. The number of nitro groups is 1. The van der Waals surface area contributed by atoms with Gasteiger partial charge in [-0.3, -0.25) is 24.8 Å². The van der Waals surface area contributed by atoms with Gasteiger partial charge in [0.1, 0.15) is 5.92 Å². The Morgan fingerprint density at radius 3 is 2.70 bits per heavy atom. The Labute approximate surface area is 162 Å². The van der Waals surface area contributed by atoms with Crippen molar-refractivity contribution in [2.75, 3.05) is 31.6 Å². The fraction of sp³-hybridized carbons (Fsp3) is 0.333. The minimum absolute atomic E-state index is 0. The number of carbonyl (C=O) groups is 1. The Morgan fingerprint density at radius 2 is 2.04 bits per heavy atom. The Hall–Kier alpha value is -2.55. The van der Waals surface area contributed by atoms with Crippen LogP contribution in [0.2, 0.25) is 0 Å². The van der Waals surface area contributed by atoms with Crippen molar-refractivity contribution >= 4 is 29.7 Å². The predicted molar refractivity (Wildman–Crippen MR) is 101 cm³/mol. The van der Waals surface area contributed by atoms with Crippen molar-refractivity contribution in [3.05, 3.63) is 63.5 Å². The quantitative estimate of drug-likeness (QED) is 0.635. The minimum atomic E-state index is -0.623. The molecule has 1 fully saturated rings. The predicted octanol–water partition coefficient (Wildman–Crippen LogP) is 2.33. The lowest BCUT2D eigenvalue weighted by atomic mass is 9.96. The highest BCUT2D eigenvalue weighted by atomic mass is 35.5. The number of nitrogens with zero attached hydrogens (tertiary/aromatic N) is 3. The second-order valence-electron chi connectivity index (χ2n) is 6.43. The summed E-state index contributed by atoms with van der Waals surface area (Å²) in [6.45, 7) is 4.05. The van der Waals surface area contributed by atoms with Crippen molar-refractivity contribution in [2.45, 2.75) is 12.5 Å². The molecule has 0 aliphatic carbocycles. The van der Waals surface area contributed by atoms with Crippen LogP contribution in [-0.2, 0) is 16.1 Å². The van der Waals surface area contributed by atoms with E-state index in [1.807, 2.05) is 12.1 Å². The molecule has 0 bridgehead atoms. The fourth-order valence-electron chi connectivity index (χ4n) is 3.37. The smallest absolute Gasteiger partial charge is 0.269 e. The lowest BCUT2D eigenvalue weighted by Gasteiger charge is -2.26. The number of aromatic nitrogens is 1. The van der Waals surface area contributed by atoms with Gasteiger partial charge in [0.15, 0.2) is 0 Å². The molecule has 1 aromatic carbocycles. The normalized spacial score (nSPS) is 19.1. The number of anilines is 1. The molecule has 9 heteroatoms. The molecule has 1 unspecified atom stereocenters. The number of amides is 1. The molecule has 0 spiro atoms. The van der Waals surface area contributed by atoms with Crippen LogP contribution in [0.5, 0.6) is 0 Å². The first-order valence-corrected chi connectivity index (χ1v) is 8.46. The van der Waals surface area contributed by atoms with E-state index >= 15 is 0 Å². The number of nitro benzene ring substituents is 1. The maximum absolute atomic E-state index is 12.4. The summed E-state index contributed by atoms with van der Waals surface area (Å²) in [5.74, 6) is -0.837. The average Bonchev–Trinajstić information content (AvgIpc) is 2.98. The van der Waals surface area contributed by atoms with Crippen LogP contribution < -0.4 is 5.32 Å². The lowest BCUT2D eigenvalue weighted by Crippen LogP contribution is -2.35. The molecule has 0 saturated carbocycles. The number of hydrogen-bond acceptors (Lipinski definition) is 6. The van der Waals surface area contributed by atoms with Crippen LogP contribution in [0.25, 0.3) is 0 Å². The van der Waals surface area contributed by atoms with Crippen LogP contribution in [0.3, 0.4) is 0 Å². The highest BCUT2D eigenvalue weighted by Gasteiger charge is 2.34. The van der Waals surface area contributed by atoms with Gasteiger partial charge in [0.05, 0.1) is 23.8 Å². The monoisotopic (exact) mass is 390 g/mol. The number of morpholine rings is 1. The fourth-order valence-corrected chi connectivity index (χ4v) is 3.37. The van der Waals surface area contributed by atoms with E-state index in [0.717, 1.165) is 38.4 Å². The number of fused-ring (bicyclic) bond motifs is 1. The third-order valence-electron chi connectivity index (χ3n) is 4.73. The molecule has 3 heterocycles. The first-order chi connectivity index (χ1) is 12.6. The molecule has 1 saturated heterocycles. The molecule has 1 amide bonds. The van der Waals surface area contributed by atoms with Gasteiger partial charge in [0.2, 0.25) is 5.91 Å². The molecule has 2 aromatic rings. The van der Waals surface area contributed by atoms with Gasteiger partial charge in [-0.15, -0.1) is 12.4 Å². The largest absolute Gasteiger partial charge is 0.379 e. The van der Waals surface area contributed by atoms with Gasteiger partial charge in [0.25, 0.3) is 5.69 Å². The van der Waals surface area contributed by atoms with Crippen molar-refractivity contribution in [1.82, 2.24) is 9.88 Å². The number of hydrogen-bond donors (Lipinski definition) is 1. The van der Waals surface area contributed by atoms with Crippen LogP contribution in [0.1, 0.15) is 22.7 Å². The van der Waals surface area contributed by atoms with Crippen molar-refractivity contribution in [3.63, 3.8) is 0 Å². The minimum Gasteiger partial charge on any atom is -0.379 e. The summed E-state index contributed by atoms with van der Waals surface area (Å²) < 4.78 is 5.35. The van der Waals surface area contributed by atoms with Gasteiger partial charge in [-0.05, 0) is 17.7 Å². The average molecular weight is 391 g/mol. The van der Waals surface area contributed by atoms with E-state index in [-0.39, 0.29) is 24.0 Å². The first kappa shape index (κ1) is 19.2. The Bertz CT molecular complexity index is 853. The van der Waals surface area contributed by atoms with Gasteiger partial charge in [0, 0.05) is 49.2 Å². The van der Waals surface area contributed by atoms with E-state index in [2.05, 4.69) is 15.2 Å². The standard InChI is InChI=1S/C18H18N4O4.ClH/c23-18-17(14-9-13(22(24)25)2-4-15(14)20-18)16-3-1-12(10-19-16)11-21-5-7-26-8-6-21;/h1-4,9-10,17H,5-8,11H2,(H,20,23);1H. The van der Waals surface area contributed by atoms with Crippen molar-refractivity contribution in [1.29, 1.82) is 0 Å². The second-order valence-corrected chi connectivity index (χ2v) is 6.43. The molecule has 2 aliphatic rings. The number of benzene rings is 1.